The zero-order valence-corrected chi connectivity index (χ0v) is 21.5. The number of thioether (sulfide) groups is 1. The first kappa shape index (κ1) is 24.6. The Morgan fingerprint density at radius 1 is 1.11 bits per heavy atom. The molecule has 0 spiro atoms. The average molecular weight is 531 g/mol. The molecular formula is C27H23ClN6O2S. The molecule has 3 aromatic carbocycles. The normalized spacial score (nSPS) is 11.3. The van der Waals surface area contributed by atoms with Crippen molar-refractivity contribution in [2.24, 2.45) is 5.10 Å². The molecule has 2 heterocycles. The van der Waals surface area contributed by atoms with E-state index in [9.17, 15) is 4.79 Å². The molecule has 8 nitrogen and oxygen atoms in total. The number of hydrazone groups is 1. The highest BCUT2D eigenvalue weighted by Crippen LogP contribution is 2.29. The molecule has 0 aliphatic carbocycles. The van der Waals surface area contributed by atoms with Gasteiger partial charge in [-0.3, -0.25) is 9.36 Å². The van der Waals surface area contributed by atoms with Crippen LogP contribution in [0.3, 0.4) is 0 Å². The fourth-order valence-electron chi connectivity index (χ4n) is 3.78. The Hall–Kier alpha value is -4.08. The second kappa shape index (κ2) is 11.3. The minimum absolute atomic E-state index is 0.112. The zero-order chi connectivity index (χ0) is 25.6. The van der Waals surface area contributed by atoms with E-state index in [1.807, 2.05) is 78.4 Å². The van der Waals surface area contributed by atoms with Crippen LogP contribution in [0.5, 0.6) is 5.75 Å². The Morgan fingerprint density at radius 3 is 2.68 bits per heavy atom. The number of aromatic amines is 1. The molecule has 0 saturated heterocycles. The molecule has 10 heteroatoms. The van der Waals surface area contributed by atoms with Crippen LogP contribution < -0.4 is 10.2 Å². The number of ether oxygens (including phenoxy) is 1. The zero-order valence-electron chi connectivity index (χ0n) is 19.9. The van der Waals surface area contributed by atoms with Gasteiger partial charge < -0.3 is 9.72 Å². The largest absolute Gasteiger partial charge is 0.494 e. The Morgan fingerprint density at radius 2 is 1.89 bits per heavy atom. The highest BCUT2D eigenvalue weighted by atomic mass is 35.5. The fraction of sp³-hybridized carbons (Fsp3) is 0.111. The number of amides is 1. The summed E-state index contributed by atoms with van der Waals surface area (Å²) in [5.41, 5.74) is 6.19. The number of rotatable bonds is 9. The van der Waals surface area contributed by atoms with Crippen LogP contribution in [0, 0.1) is 0 Å². The van der Waals surface area contributed by atoms with Gasteiger partial charge in [-0.2, -0.15) is 5.10 Å². The van der Waals surface area contributed by atoms with E-state index in [4.69, 9.17) is 16.3 Å². The lowest BCUT2D eigenvalue weighted by Crippen LogP contribution is -2.20. The van der Waals surface area contributed by atoms with Crippen molar-refractivity contribution in [2.45, 2.75) is 12.1 Å². The number of nitrogens with zero attached hydrogens (tertiary/aromatic N) is 4. The minimum Gasteiger partial charge on any atom is -0.494 e. The summed E-state index contributed by atoms with van der Waals surface area (Å²) in [6.07, 6.45) is 3.48. The SMILES string of the molecule is CCOc1ccc(-n2c(SCC(=O)NN=Cc3c[nH]c4ccccc34)nnc2-c2ccc(Cl)cc2)cc1. The molecule has 5 aromatic rings. The standard InChI is InChI=1S/C27H23ClN6O2S/c1-2-36-22-13-11-21(12-14-22)34-26(18-7-9-20(28)10-8-18)32-33-27(34)37-17-25(35)31-30-16-19-15-29-24-6-4-3-5-23(19)24/h3-16,29H,2,17H2,1H3,(H,31,35). The van der Waals surface area contributed by atoms with Crippen LogP contribution in [0.25, 0.3) is 28.0 Å². The summed E-state index contributed by atoms with van der Waals surface area (Å²) in [6, 6.07) is 22.9. The first-order valence-corrected chi connectivity index (χ1v) is 12.9. The number of aromatic nitrogens is 4. The maximum absolute atomic E-state index is 12.5. The van der Waals surface area contributed by atoms with E-state index < -0.39 is 0 Å². The van der Waals surface area contributed by atoms with E-state index in [1.54, 1.807) is 18.3 Å². The Kier molecular flexibility index (Phi) is 7.53. The number of benzene rings is 3. The van der Waals surface area contributed by atoms with E-state index in [0.717, 1.165) is 33.5 Å². The van der Waals surface area contributed by atoms with Crippen LogP contribution >= 0.6 is 23.4 Å². The predicted molar refractivity (Wildman–Crippen MR) is 148 cm³/mol. The van der Waals surface area contributed by atoms with E-state index in [0.29, 0.717) is 22.6 Å². The summed E-state index contributed by atoms with van der Waals surface area (Å²) in [5, 5.41) is 15.1. The number of hydrogen-bond donors (Lipinski definition) is 2. The topological polar surface area (TPSA) is 97.2 Å². The number of carbonyl (C=O) groups is 1. The summed E-state index contributed by atoms with van der Waals surface area (Å²) < 4.78 is 7.48. The number of fused-ring (bicyclic) bond motifs is 1. The Balaban J connectivity index is 1.33. The van der Waals surface area contributed by atoms with Crippen LogP contribution in [-0.2, 0) is 4.79 Å². The number of para-hydroxylation sites is 1. The van der Waals surface area contributed by atoms with Gasteiger partial charge in [-0.05, 0) is 61.5 Å². The average Bonchev–Trinajstić information content (AvgIpc) is 3.53. The third-order valence-corrected chi connectivity index (χ3v) is 6.67. The van der Waals surface area contributed by atoms with E-state index >= 15 is 0 Å². The molecule has 0 aliphatic rings. The first-order chi connectivity index (χ1) is 18.1. The summed E-state index contributed by atoms with van der Waals surface area (Å²) in [4.78, 5) is 15.7. The minimum atomic E-state index is -0.254. The Bertz CT molecular complexity index is 1540. The van der Waals surface area contributed by atoms with Crippen molar-refractivity contribution in [1.29, 1.82) is 0 Å². The smallest absolute Gasteiger partial charge is 0.250 e. The van der Waals surface area contributed by atoms with Crippen LogP contribution in [0.1, 0.15) is 12.5 Å². The van der Waals surface area contributed by atoms with Crippen molar-refractivity contribution < 1.29 is 9.53 Å². The van der Waals surface area contributed by atoms with Gasteiger partial charge in [-0.25, -0.2) is 5.43 Å². The monoisotopic (exact) mass is 530 g/mol. The molecule has 0 aliphatic heterocycles. The van der Waals surface area contributed by atoms with E-state index in [1.165, 1.54) is 11.8 Å². The molecule has 0 unspecified atom stereocenters. The molecule has 0 radical (unpaired) electrons. The lowest BCUT2D eigenvalue weighted by molar-refractivity contribution is -0.118. The number of carbonyl (C=O) groups excluding carboxylic acids is 1. The van der Waals surface area contributed by atoms with Crippen molar-refractivity contribution in [3.8, 4) is 22.8 Å². The molecular weight excluding hydrogens is 508 g/mol. The van der Waals surface area contributed by atoms with Crippen LogP contribution in [-0.4, -0.2) is 44.2 Å². The quantitative estimate of drug-likeness (QED) is 0.144. The van der Waals surface area contributed by atoms with Gasteiger partial charge in [0.2, 0.25) is 0 Å². The molecule has 1 amide bonds. The lowest BCUT2D eigenvalue weighted by atomic mass is 10.2. The van der Waals surface area contributed by atoms with Gasteiger partial charge >= 0.3 is 0 Å². The molecule has 2 N–H and O–H groups in total. The van der Waals surface area contributed by atoms with Gasteiger partial charge in [0, 0.05) is 38.9 Å². The maximum atomic E-state index is 12.5. The van der Waals surface area contributed by atoms with E-state index in [2.05, 4.69) is 25.7 Å². The van der Waals surface area contributed by atoms with Gasteiger partial charge in [0.1, 0.15) is 5.75 Å². The number of hydrogen-bond acceptors (Lipinski definition) is 6. The molecule has 2 aromatic heterocycles. The summed E-state index contributed by atoms with van der Waals surface area (Å²) in [7, 11) is 0. The third kappa shape index (κ3) is 5.68. The van der Waals surface area contributed by atoms with Gasteiger partial charge in [0.15, 0.2) is 11.0 Å². The first-order valence-electron chi connectivity index (χ1n) is 11.6. The van der Waals surface area contributed by atoms with Crippen LogP contribution in [0.15, 0.2) is 89.3 Å². The predicted octanol–water partition coefficient (Wildman–Crippen LogP) is 5.71. The van der Waals surface area contributed by atoms with Gasteiger partial charge in [0.25, 0.3) is 5.91 Å². The van der Waals surface area contributed by atoms with Gasteiger partial charge in [-0.1, -0.05) is 41.6 Å². The number of H-pyrrole nitrogens is 1. The van der Waals surface area contributed by atoms with Crippen molar-refractivity contribution in [3.63, 3.8) is 0 Å². The molecule has 186 valence electrons. The third-order valence-electron chi connectivity index (χ3n) is 5.49. The highest BCUT2D eigenvalue weighted by molar-refractivity contribution is 7.99. The van der Waals surface area contributed by atoms with Gasteiger partial charge in [-0.15, -0.1) is 10.2 Å². The summed E-state index contributed by atoms with van der Waals surface area (Å²) >= 11 is 7.35. The molecule has 37 heavy (non-hydrogen) atoms. The molecule has 0 fully saturated rings. The van der Waals surface area contributed by atoms with Crippen molar-refractivity contribution in [2.75, 3.05) is 12.4 Å². The van der Waals surface area contributed by atoms with Crippen LogP contribution in [0.4, 0.5) is 0 Å². The molecule has 0 atom stereocenters. The summed E-state index contributed by atoms with van der Waals surface area (Å²) in [5.74, 6) is 1.27. The number of nitrogens with one attached hydrogen (secondary N) is 2. The van der Waals surface area contributed by atoms with Crippen molar-refractivity contribution in [3.05, 3.63) is 89.6 Å². The van der Waals surface area contributed by atoms with Crippen molar-refractivity contribution in [1.82, 2.24) is 25.2 Å². The summed E-state index contributed by atoms with van der Waals surface area (Å²) in [6.45, 7) is 2.53. The van der Waals surface area contributed by atoms with E-state index in [-0.39, 0.29) is 11.7 Å². The second-order valence-corrected chi connectivity index (χ2v) is 9.33. The molecule has 5 rings (SSSR count). The Labute approximate surface area is 222 Å². The lowest BCUT2D eigenvalue weighted by Gasteiger charge is -2.11. The fourth-order valence-corrected chi connectivity index (χ4v) is 4.65. The molecule has 0 bridgehead atoms. The molecule has 0 saturated carbocycles. The van der Waals surface area contributed by atoms with Crippen molar-refractivity contribution >= 4 is 46.4 Å². The number of halogens is 1. The van der Waals surface area contributed by atoms with Crippen LogP contribution in [0.2, 0.25) is 5.02 Å². The second-order valence-electron chi connectivity index (χ2n) is 7.95. The van der Waals surface area contributed by atoms with Gasteiger partial charge in [0.05, 0.1) is 18.6 Å². The highest BCUT2D eigenvalue weighted by Gasteiger charge is 2.17. The maximum Gasteiger partial charge on any atom is 0.250 e.